The Labute approximate surface area is 105 Å². The average molecular weight is 251 g/mol. The fourth-order valence-electron chi connectivity index (χ4n) is 1.31. The molecule has 2 N–H and O–H groups in total. The van der Waals surface area contributed by atoms with Gasteiger partial charge in [-0.2, -0.15) is 0 Å². The highest BCUT2D eigenvalue weighted by atomic mass is 32.1. The van der Waals surface area contributed by atoms with Crippen molar-refractivity contribution < 1.29 is 0 Å². The van der Waals surface area contributed by atoms with Crippen LogP contribution in [0.5, 0.6) is 0 Å². The summed E-state index contributed by atoms with van der Waals surface area (Å²) in [7, 11) is 0. The Balaban J connectivity index is 1.98. The molecular weight excluding hydrogens is 234 g/mol. The van der Waals surface area contributed by atoms with Crippen molar-refractivity contribution in [2.75, 3.05) is 5.32 Å². The summed E-state index contributed by atoms with van der Waals surface area (Å²) in [5.74, 6) is 0.912. The third kappa shape index (κ3) is 3.03. The predicted molar refractivity (Wildman–Crippen MR) is 69.3 cm³/mol. The van der Waals surface area contributed by atoms with Crippen LogP contribution in [0.3, 0.4) is 0 Å². The monoisotopic (exact) mass is 251 g/mol. The first-order valence-electron chi connectivity index (χ1n) is 5.53. The van der Waals surface area contributed by atoms with Gasteiger partial charge in [0.25, 0.3) is 0 Å². The van der Waals surface area contributed by atoms with Crippen molar-refractivity contribution in [1.29, 1.82) is 0 Å². The van der Waals surface area contributed by atoms with Crippen LogP contribution in [0.15, 0.2) is 6.20 Å². The molecule has 0 aliphatic carbocycles. The molecule has 0 aromatic carbocycles. The Hall–Kier alpha value is -1.43. The van der Waals surface area contributed by atoms with E-state index >= 15 is 0 Å². The zero-order valence-electron chi connectivity index (χ0n) is 10.5. The number of rotatable bonds is 3. The molecular formula is C11H17N5S. The molecule has 0 fully saturated rings. The third-order valence-corrected chi connectivity index (χ3v) is 3.54. The quantitative estimate of drug-likeness (QED) is 0.879. The molecule has 0 saturated heterocycles. The van der Waals surface area contributed by atoms with Crippen molar-refractivity contribution in [2.24, 2.45) is 0 Å². The molecule has 0 radical (unpaired) electrons. The van der Waals surface area contributed by atoms with E-state index in [0.717, 1.165) is 21.7 Å². The summed E-state index contributed by atoms with van der Waals surface area (Å²) in [4.78, 5) is 7.39. The Morgan fingerprint density at radius 2 is 2.12 bits per heavy atom. The van der Waals surface area contributed by atoms with E-state index in [4.69, 9.17) is 0 Å². The van der Waals surface area contributed by atoms with Crippen molar-refractivity contribution >= 4 is 16.5 Å². The molecule has 2 aromatic heterocycles. The summed E-state index contributed by atoms with van der Waals surface area (Å²) in [5.41, 5.74) is 1.12. The van der Waals surface area contributed by atoms with Crippen LogP contribution >= 0.6 is 11.3 Å². The number of anilines is 1. The third-order valence-electron chi connectivity index (χ3n) is 2.23. The van der Waals surface area contributed by atoms with E-state index in [9.17, 15) is 0 Å². The minimum Gasteiger partial charge on any atom is -0.353 e. The van der Waals surface area contributed by atoms with Crippen molar-refractivity contribution in [3.63, 3.8) is 0 Å². The van der Waals surface area contributed by atoms with Gasteiger partial charge in [0.1, 0.15) is 10.8 Å². The van der Waals surface area contributed by atoms with Gasteiger partial charge in [-0.1, -0.05) is 32.1 Å². The summed E-state index contributed by atoms with van der Waals surface area (Å²) in [6.45, 7) is 9.03. The van der Waals surface area contributed by atoms with Crippen LogP contribution in [-0.4, -0.2) is 20.2 Å². The first-order valence-corrected chi connectivity index (χ1v) is 6.35. The number of hydrogen-bond acceptors (Lipinski definition) is 5. The highest BCUT2D eigenvalue weighted by Gasteiger charge is 2.19. The van der Waals surface area contributed by atoms with Gasteiger partial charge in [-0.15, -0.1) is 10.2 Å². The number of nitrogens with zero attached hydrogens (tertiary/aromatic N) is 3. The van der Waals surface area contributed by atoms with Crippen molar-refractivity contribution in [3.8, 4) is 0 Å². The molecule has 0 atom stereocenters. The molecule has 5 nitrogen and oxygen atoms in total. The fraction of sp³-hybridized carbons (Fsp3) is 0.545. The number of aromatic nitrogens is 4. The fourth-order valence-corrected chi connectivity index (χ4v) is 2.11. The van der Waals surface area contributed by atoms with E-state index in [1.165, 1.54) is 0 Å². The van der Waals surface area contributed by atoms with Gasteiger partial charge in [0.05, 0.1) is 6.54 Å². The first-order chi connectivity index (χ1) is 7.95. The maximum absolute atomic E-state index is 4.22. The molecule has 0 amide bonds. The zero-order valence-corrected chi connectivity index (χ0v) is 11.4. The minimum atomic E-state index is 0.0544. The normalized spacial score (nSPS) is 11.8. The van der Waals surface area contributed by atoms with Crippen LogP contribution in [-0.2, 0) is 12.0 Å². The molecule has 0 spiro atoms. The highest BCUT2D eigenvalue weighted by molar-refractivity contribution is 7.15. The van der Waals surface area contributed by atoms with Crippen LogP contribution in [0.25, 0.3) is 0 Å². The van der Waals surface area contributed by atoms with E-state index in [-0.39, 0.29) is 5.41 Å². The Morgan fingerprint density at radius 3 is 2.65 bits per heavy atom. The van der Waals surface area contributed by atoms with Crippen LogP contribution in [0, 0.1) is 6.92 Å². The summed E-state index contributed by atoms with van der Waals surface area (Å²) < 4.78 is 0. The predicted octanol–water partition coefficient (Wildman–Crippen LogP) is 2.48. The first kappa shape index (κ1) is 12.0. The number of imidazole rings is 1. The van der Waals surface area contributed by atoms with Crippen LogP contribution in [0.2, 0.25) is 0 Å². The minimum absolute atomic E-state index is 0.0544. The highest BCUT2D eigenvalue weighted by Crippen LogP contribution is 2.27. The average Bonchev–Trinajstić information content (AvgIpc) is 2.82. The molecule has 17 heavy (non-hydrogen) atoms. The molecule has 2 aromatic rings. The Bertz CT molecular complexity index is 494. The second-order valence-corrected chi connectivity index (χ2v) is 6.01. The largest absolute Gasteiger partial charge is 0.353 e. The molecule has 0 saturated carbocycles. The standard InChI is InChI=1S/C11H17N5S/c1-7-5-12-8(14-7)6-13-10-16-15-9(17-10)11(2,3)4/h5H,6H2,1-4H3,(H,12,14)(H,13,16). The molecule has 6 heteroatoms. The van der Waals surface area contributed by atoms with Crippen molar-refractivity contribution in [1.82, 2.24) is 20.2 Å². The smallest absolute Gasteiger partial charge is 0.206 e. The Kier molecular flexibility index (Phi) is 3.15. The van der Waals surface area contributed by atoms with Gasteiger partial charge in [0, 0.05) is 17.3 Å². The number of H-pyrrole nitrogens is 1. The van der Waals surface area contributed by atoms with Gasteiger partial charge in [-0.05, 0) is 6.92 Å². The molecule has 2 rings (SSSR count). The van der Waals surface area contributed by atoms with Crippen LogP contribution < -0.4 is 5.32 Å². The lowest BCUT2D eigenvalue weighted by molar-refractivity contribution is 0.578. The number of aromatic amines is 1. The van der Waals surface area contributed by atoms with E-state index < -0.39 is 0 Å². The van der Waals surface area contributed by atoms with Gasteiger partial charge in [-0.3, -0.25) is 0 Å². The van der Waals surface area contributed by atoms with E-state index in [2.05, 4.69) is 46.3 Å². The molecule has 92 valence electrons. The Morgan fingerprint density at radius 1 is 1.35 bits per heavy atom. The summed E-state index contributed by atoms with van der Waals surface area (Å²) in [6.07, 6.45) is 1.82. The van der Waals surface area contributed by atoms with Gasteiger partial charge >= 0.3 is 0 Å². The lowest BCUT2D eigenvalue weighted by atomic mass is 9.98. The molecule has 0 unspecified atom stereocenters. The second-order valence-electron chi connectivity index (χ2n) is 5.03. The molecule has 0 bridgehead atoms. The van der Waals surface area contributed by atoms with E-state index in [0.29, 0.717) is 6.54 Å². The lowest BCUT2D eigenvalue weighted by Gasteiger charge is -2.12. The van der Waals surface area contributed by atoms with Gasteiger partial charge in [-0.25, -0.2) is 4.98 Å². The van der Waals surface area contributed by atoms with Crippen molar-refractivity contribution in [2.45, 2.75) is 39.7 Å². The van der Waals surface area contributed by atoms with Crippen LogP contribution in [0.4, 0.5) is 5.13 Å². The molecule has 0 aliphatic rings. The summed E-state index contributed by atoms with van der Waals surface area (Å²) in [6, 6.07) is 0. The van der Waals surface area contributed by atoms with E-state index in [1.807, 2.05) is 13.1 Å². The second kappa shape index (κ2) is 4.44. The summed E-state index contributed by atoms with van der Waals surface area (Å²) >= 11 is 1.59. The van der Waals surface area contributed by atoms with Crippen molar-refractivity contribution in [3.05, 3.63) is 22.7 Å². The number of aryl methyl sites for hydroxylation is 1. The summed E-state index contributed by atoms with van der Waals surface area (Å²) in [5, 5.41) is 13.4. The number of nitrogens with one attached hydrogen (secondary N) is 2. The maximum atomic E-state index is 4.22. The lowest BCUT2D eigenvalue weighted by Crippen LogP contribution is -2.10. The van der Waals surface area contributed by atoms with E-state index in [1.54, 1.807) is 11.3 Å². The van der Waals surface area contributed by atoms with Gasteiger partial charge in [0.2, 0.25) is 5.13 Å². The maximum Gasteiger partial charge on any atom is 0.206 e. The van der Waals surface area contributed by atoms with Gasteiger partial charge < -0.3 is 10.3 Å². The molecule has 2 heterocycles. The molecule has 0 aliphatic heterocycles. The topological polar surface area (TPSA) is 66.5 Å². The van der Waals surface area contributed by atoms with Crippen LogP contribution in [0.1, 0.15) is 37.3 Å². The zero-order chi connectivity index (χ0) is 12.5. The van der Waals surface area contributed by atoms with Gasteiger partial charge in [0.15, 0.2) is 0 Å². The SMILES string of the molecule is Cc1cnc(CNc2nnc(C(C)(C)C)s2)[nH]1. The number of hydrogen-bond donors (Lipinski definition) is 2.